The molecule has 0 atom stereocenters. The lowest BCUT2D eigenvalue weighted by atomic mass is 10.0. The summed E-state index contributed by atoms with van der Waals surface area (Å²) >= 11 is 0. The highest BCUT2D eigenvalue weighted by molar-refractivity contribution is 5.97. The van der Waals surface area contributed by atoms with Crippen LogP contribution in [0, 0.1) is 27.7 Å². The van der Waals surface area contributed by atoms with E-state index in [2.05, 4.69) is 202 Å². The van der Waals surface area contributed by atoms with E-state index in [1.54, 1.807) is 0 Å². The maximum Gasteiger partial charge on any atom is 0.0536 e. The SMILES string of the molecule is C1=CCCC(N(c2ccccc2)c2cccc3ccccc23)=C1.Cc1ccc(C)cc1.Cc1cccc2ccccc12.Cc1ccccc1. The van der Waals surface area contributed by atoms with Crippen LogP contribution in [-0.4, -0.2) is 0 Å². The van der Waals surface area contributed by atoms with E-state index in [4.69, 9.17) is 0 Å². The fraction of sp³-hybridized carbons (Fsp3) is 0.125. The minimum Gasteiger partial charge on any atom is -0.314 e. The molecule has 0 spiro atoms. The van der Waals surface area contributed by atoms with Crippen LogP contribution >= 0.6 is 0 Å². The van der Waals surface area contributed by atoms with E-state index in [1.807, 2.05) is 18.2 Å². The summed E-state index contributed by atoms with van der Waals surface area (Å²) in [6.07, 6.45) is 8.79. The van der Waals surface area contributed by atoms with E-state index in [1.165, 1.54) is 60.9 Å². The van der Waals surface area contributed by atoms with Crippen molar-refractivity contribution in [3.63, 3.8) is 0 Å². The predicted molar refractivity (Wildman–Crippen MR) is 215 cm³/mol. The minimum atomic E-state index is 1.06. The summed E-state index contributed by atoms with van der Waals surface area (Å²) in [6, 6.07) is 59.3. The number of anilines is 2. The van der Waals surface area contributed by atoms with Crippen molar-refractivity contribution < 1.29 is 0 Å². The van der Waals surface area contributed by atoms with Gasteiger partial charge in [-0.3, -0.25) is 0 Å². The molecule has 1 aliphatic carbocycles. The first-order chi connectivity index (χ1) is 24.0. The maximum atomic E-state index is 2.39. The van der Waals surface area contributed by atoms with Crippen LogP contribution in [0.1, 0.15) is 35.1 Å². The fourth-order valence-electron chi connectivity index (χ4n) is 5.77. The monoisotopic (exact) mass is 637 g/mol. The number of hydrogen-bond acceptors (Lipinski definition) is 1. The number of nitrogens with zero attached hydrogens (tertiary/aromatic N) is 1. The van der Waals surface area contributed by atoms with Crippen LogP contribution in [-0.2, 0) is 0 Å². The molecule has 0 unspecified atom stereocenters. The van der Waals surface area contributed by atoms with E-state index in [9.17, 15) is 0 Å². The molecule has 0 heterocycles. The summed E-state index contributed by atoms with van der Waals surface area (Å²) in [5.41, 5.74) is 9.13. The quantitative estimate of drug-likeness (QED) is 0.186. The van der Waals surface area contributed by atoms with Crippen molar-refractivity contribution in [2.45, 2.75) is 40.5 Å². The van der Waals surface area contributed by atoms with Gasteiger partial charge in [0, 0.05) is 16.8 Å². The summed E-state index contributed by atoms with van der Waals surface area (Å²) in [5.74, 6) is 0. The zero-order chi connectivity index (χ0) is 34.3. The summed E-state index contributed by atoms with van der Waals surface area (Å²) in [4.78, 5) is 2.39. The molecule has 7 aromatic rings. The first-order valence-electron chi connectivity index (χ1n) is 17.2. The Bertz CT molecular complexity index is 2060. The van der Waals surface area contributed by atoms with Crippen LogP contribution in [0.2, 0.25) is 0 Å². The lowest BCUT2D eigenvalue weighted by Gasteiger charge is -2.30. The van der Waals surface area contributed by atoms with Gasteiger partial charge in [-0.2, -0.15) is 0 Å². The maximum absolute atomic E-state index is 2.39. The molecule has 0 radical (unpaired) electrons. The number of rotatable bonds is 3. The third kappa shape index (κ3) is 10.2. The van der Waals surface area contributed by atoms with Crippen LogP contribution in [0.4, 0.5) is 11.4 Å². The number of allylic oxidation sites excluding steroid dienone is 4. The van der Waals surface area contributed by atoms with Gasteiger partial charge >= 0.3 is 0 Å². The minimum absolute atomic E-state index is 1.06. The molecule has 49 heavy (non-hydrogen) atoms. The van der Waals surface area contributed by atoms with Gasteiger partial charge in [0.1, 0.15) is 0 Å². The van der Waals surface area contributed by atoms with Gasteiger partial charge in [0.15, 0.2) is 0 Å². The molecule has 1 nitrogen and oxygen atoms in total. The highest BCUT2D eigenvalue weighted by Gasteiger charge is 2.17. The largest absolute Gasteiger partial charge is 0.314 e. The van der Waals surface area contributed by atoms with Crippen LogP contribution in [0.5, 0.6) is 0 Å². The van der Waals surface area contributed by atoms with Gasteiger partial charge in [-0.15, -0.1) is 0 Å². The Hall–Kier alpha value is -5.66. The molecule has 0 amide bonds. The van der Waals surface area contributed by atoms with Crippen molar-refractivity contribution in [2.24, 2.45) is 0 Å². The van der Waals surface area contributed by atoms with Crippen LogP contribution in [0.3, 0.4) is 0 Å². The normalized spacial score (nSPS) is 11.6. The first-order valence-corrected chi connectivity index (χ1v) is 17.2. The molecule has 0 aromatic heterocycles. The van der Waals surface area contributed by atoms with Gasteiger partial charge in [-0.25, -0.2) is 0 Å². The molecular weight excluding hydrogens is 591 g/mol. The standard InChI is InChI=1S/C22H19N.C11H10.C8H10.C7H8/c1-3-12-19(13-4-1)23(20-14-5-2-6-15-20)22-17-9-11-18-10-7-8-16-21(18)22;1-9-5-4-7-10-6-2-3-8-11(9)10;1-7-3-5-8(2)6-4-7;1-7-5-3-2-4-6-7/h1-5,7-14,16-17H,6,15H2;2-8H,1H3;3-6H,1-2H3;2-6H,1H3. The molecular formula is C48H47N. The molecule has 0 saturated heterocycles. The second-order valence-corrected chi connectivity index (χ2v) is 12.4. The summed E-state index contributed by atoms with van der Waals surface area (Å²) in [5, 5.41) is 5.25. The molecule has 0 N–H and O–H groups in total. The average Bonchev–Trinajstić information content (AvgIpc) is 3.15. The summed E-state index contributed by atoms with van der Waals surface area (Å²) < 4.78 is 0. The highest BCUT2D eigenvalue weighted by Crippen LogP contribution is 2.37. The van der Waals surface area contributed by atoms with Gasteiger partial charge < -0.3 is 4.90 Å². The van der Waals surface area contributed by atoms with Crippen molar-refractivity contribution in [3.8, 4) is 0 Å². The Morgan fingerprint density at radius 3 is 1.47 bits per heavy atom. The Morgan fingerprint density at radius 2 is 0.918 bits per heavy atom. The molecule has 0 bridgehead atoms. The van der Waals surface area contributed by atoms with Crippen LogP contribution in [0.25, 0.3) is 21.5 Å². The molecule has 0 aliphatic heterocycles. The molecule has 8 rings (SSSR count). The Balaban J connectivity index is 0.000000148. The van der Waals surface area contributed by atoms with Gasteiger partial charge in [0.05, 0.1) is 5.69 Å². The molecule has 244 valence electrons. The van der Waals surface area contributed by atoms with Gasteiger partial charge in [0.25, 0.3) is 0 Å². The second kappa shape index (κ2) is 18.0. The van der Waals surface area contributed by atoms with Crippen LogP contribution in [0.15, 0.2) is 194 Å². The van der Waals surface area contributed by atoms with Crippen molar-refractivity contribution in [3.05, 3.63) is 216 Å². The van der Waals surface area contributed by atoms with Gasteiger partial charge in [-0.1, -0.05) is 181 Å². The van der Waals surface area contributed by atoms with Crippen molar-refractivity contribution in [2.75, 3.05) is 4.90 Å². The third-order valence-electron chi connectivity index (χ3n) is 8.47. The second-order valence-electron chi connectivity index (χ2n) is 12.4. The molecule has 7 aromatic carbocycles. The van der Waals surface area contributed by atoms with Gasteiger partial charge in [0.2, 0.25) is 0 Å². The number of benzene rings is 7. The fourth-order valence-corrected chi connectivity index (χ4v) is 5.77. The highest BCUT2D eigenvalue weighted by atomic mass is 15.1. The van der Waals surface area contributed by atoms with E-state index in [0.717, 1.165) is 12.8 Å². The molecule has 1 heteroatoms. The zero-order valence-corrected chi connectivity index (χ0v) is 29.3. The third-order valence-corrected chi connectivity index (χ3v) is 8.47. The number of fused-ring (bicyclic) bond motifs is 2. The van der Waals surface area contributed by atoms with Gasteiger partial charge in [-0.05, 0) is 86.5 Å². The Morgan fingerprint density at radius 1 is 0.429 bits per heavy atom. The summed E-state index contributed by atoms with van der Waals surface area (Å²) in [7, 11) is 0. The average molecular weight is 638 g/mol. The van der Waals surface area contributed by atoms with Crippen molar-refractivity contribution >= 4 is 32.9 Å². The number of aryl methyl sites for hydroxylation is 4. The zero-order valence-electron chi connectivity index (χ0n) is 29.3. The van der Waals surface area contributed by atoms with E-state index in [0.29, 0.717) is 0 Å². The number of para-hydroxylation sites is 1. The molecule has 0 saturated carbocycles. The lowest BCUT2D eigenvalue weighted by Crippen LogP contribution is -2.17. The van der Waals surface area contributed by atoms with E-state index in [-0.39, 0.29) is 0 Å². The van der Waals surface area contributed by atoms with E-state index < -0.39 is 0 Å². The first kappa shape index (κ1) is 34.7. The van der Waals surface area contributed by atoms with E-state index >= 15 is 0 Å². The molecule has 1 aliphatic rings. The predicted octanol–water partition coefficient (Wildman–Crippen LogP) is 13.7. The lowest BCUT2D eigenvalue weighted by molar-refractivity contribution is 0.919. The summed E-state index contributed by atoms with van der Waals surface area (Å²) in [6.45, 7) is 8.42. The smallest absolute Gasteiger partial charge is 0.0536 e. The Kier molecular flexibility index (Phi) is 12.8. The number of hydrogen-bond donors (Lipinski definition) is 0. The Labute approximate surface area is 293 Å². The van der Waals surface area contributed by atoms with Crippen LogP contribution < -0.4 is 4.90 Å². The molecule has 0 fully saturated rings. The topological polar surface area (TPSA) is 3.24 Å². The van der Waals surface area contributed by atoms with Crippen molar-refractivity contribution in [1.82, 2.24) is 0 Å². The van der Waals surface area contributed by atoms with Crippen molar-refractivity contribution in [1.29, 1.82) is 0 Å².